The van der Waals surface area contributed by atoms with Gasteiger partial charge < -0.3 is 0 Å². The van der Waals surface area contributed by atoms with Crippen LogP contribution in [-0.4, -0.2) is 25.6 Å². The van der Waals surface area contributed by atoms with Gasteiger partial charge in [0, 0.05) is 18.1 Å². The fraction of sp³-hybridized carbons (Fsp3) is 0.100. The summed E-state index contributed by atoms with van der Waals surface area (Å²) in [6.45, 7) is 0. The molecule has 8 nitrogen and oxygen atoms in total. The third kappa shape index (κ3) is 2.68. The number of aromatic nitrogens is 3. The van der Waals surface area contributed by atoms with Gasteiger partial charge in [0.25, 0.3) is 11.6 Å². The number of nitro benzene ring substituents is 1. The fourth-order valence-electron chi connectivity index (χ4n) is 1.43. The molecule has 1 amide bonds. The van der Waals surface area contributed by atoms with Crippen LogP contribution in [0.2, 0.25) is 5.02 Å². The standard InChI is InChI=1S/C10H8ClN5O3/c1-15-10(12-5-13-15)14-9(17)7-4-6(11)2-3-8(7)16(18)19/h2-5H,1H3,(H,12,13,14,17). The van der Waals surface area contributed by atoms with E-state index in [9.17, 15) is 14.9 Å². The zero-order chi connectivity index (χ0) is 14.0. The van der Waals surface area contributed by atoms with Crippen molar-refractivity contribution >= 4 is 29.1 Å². The Hall–Kier alpha value is -2.48. The van der Waals surface area contributed by atoms with E-state index in [0.717, 1.165) is 0 Å². The first kappa shape index (κ1) is 13.0. The first-order valence-corrected chi connectivity index (χ1v) is 5.46. The van der Waals surface area contributed by atoms with Crippen LogP contribution in [0.3, 0.4) is 0 Å². The Bertz CT molecular complexity index is 654. The first-order chi connectivity index (χ1) is 8.99. The molecular formula is C10H8ClN5O3. The van der Waals surface area contributed by atoms with Crippen molar-refractivity contribution in [1.29, 1.82) is 0 Å². The maximum absolute atomic E-state index is 12.0. The summed E-state index contributed by atoms with van der Waals surface area (Å²) >= 11 is 5.74. The number of nitro groups is 1. The maximum atomic E-state index is 12.0. The summed E-state index contributed by atoms with van der Waals surface area (Å²) in [5.74, 6) is -0.496. The van der Waals surface area contributed by atoms with Gasteiger partial charge in [-0.3, -0.25) is 20.2 Å². The lowest BCUT2D eigenvalue weighted by Gasteiger charge is -2.05. The Labute approximate surface area is 112 Å². The normalized spacial score (nSPS) is 10.2. The molecule has 1 heterocycles. The van der Waals surface area contributed by atoms with Crippen LogP contribution in [0, 0.1) is 10.1 Å². The van der Waals surface area contributed by atoms with E-state index >= 15 is 0 Å². The average Bonchev–Trinajstić information content (AvgIpc) is 2.74. The third-order valence-corrected chi connectivity index (χ3v) is 2.57. The summed E-state index contributed by atoms with van der Waals surface area (Å²) in [4.78, 5) is 26.0. The number of nitrogens with zero attached hydrogens (tertiary/aromatic N) is 4. The van der Waals surface area contributed by atoms with Crippen LogP contribution in [0.1, 0.15) is 10.4 Å². The number of halogens is 1. The predicted octanol–water partition coefficient (Wildman–Crippen LogP) is 1.63. The number of aryl methyl sites for hydroxylation is 1. The second kappa shape index (κ2) is 5.02. The molecule has 19 heavy (non-hydrogen) atoms. The predicted molar refractivity (Wildman–Crippen MR) is 67.1 cm³/mol. The van der Waals surface area contributed by atoms with Gasteiger partial charge in [-0.15, -0.1) is 0 Å². The van der Waals surface area contributed by atoms with Crippen LogP contribution in [0.15, 0.2) is 24.5 Å². The molecule has 0 aliphatic rings. The van der Waals surface area contributed by atoms with Gasteiger partial charge >= 0.3 is 0 Å². The van der Waals surface area contributed by atoms with Gasteiger partial charge in [0.15, 0.2) is 0 Å². The molecule has 9 heteroatoms. The smallest absolute Gasteiger partial charge is 0.282 e. The van der Waals surface area contributed by atoms with Crippen molar-refractivity contribution in [2.45, 2.75) is 0 Å². The van der Waals surface area contributed by atoms with Crippen LogP contribution >= 0.6 is 11.6 Å². The molecule has 0 bridgehead atoms. The van der Waals surface area contributed by atoms with Gasteiger partial charge in [0.1, 0.15) is 11.9 Å². The molecular weight excluding hydrogens is 274 g/mol. The van der Waals surface area contributed by atoms with Crippen LogP contribution < -0.4 is 5.32 Å². The number of hydrogen-bond acceptors (Lipinski definition) is 5. The van der Waals surface area contributed by atoms with Gasteiger partial charge in [-0.1, -0.05) is 11.6 Å². The fourth-order valence-corrected chi connectivity index (χ4v) is 1.60. The van der Waals surface area contributed by atoms with Gasteiger partial charge in [0.2, 0.25) is 5.95 Å². The van der Waals surface area contributed by atoms with Gasteiger partial charge in [-0.2, -0.15) is 10.1 Å². The molecule has 1 aromatic carbocycles. The van der Waals surface area contributed by atoms with Crippen LogP contribution in [-0.2, 0) is 7.05 Å². The number of amides is 1. The highest BCUT2D eigenvalue weighted by atomic mass is 35.5. The molecule has 0 fully saturated rings. The third-order valence-electron chi connectivity index (χ3n) is 2.34. The summed E-state index contributed by atoms with van der Waals surface area (Å²) in [6, 6.07) is 3.75. The number of hydrogen-bond donors (Lipinski definition) is 1. The molecule has 0 aliphatic heterocycles. The van der Waals surface area contributed by atoms with Crippen molar-refractivity contribution < 1.29 is 9.72 Å². The minimum atomic E-state index is -0.676. The number of carbonyl (C=O) groups is 1. The van der Waals surface area contributed by atoms with Crippen molar-refractivity contribution in [3.8, 4) is 0 Å². The molecule has 2 rings (SSSR count). The molecule has 0 spiro atoms. The van der Waals surface area contributed by atoms with Crippen molar-refractivity contribution in [3.63, 3.8) is 0 Å². The molecule has 0 aliphatic carbocycles. The SMILES string of the molecule is Cn1ncnc1NC(=O)c1cc(Cl)ccc1[N+](=O)[O-]. The Balaban J connectivity index is 2.36. The van der Waals surface area contributed by atoms with Crippen LogP contribution in [0.4, 0.5) is 11.6 Å². The highest BCUT2D eigenvalue weighted by Crippen LogP contribution is 2.23. The second-order valence-corrected chi connectivity index (χ2v) is 4.02. The summed E-state index contributed by atoms with van der Waals surface area (Å²) in [5.41, 5.74) is -0.468. The number of carbonyl (C=O) groups excluding carboxylic acids is 1. The van der Waals surface area contributed by atoms with Crippen molar-refractivity contribution in [2.75, 3.05) is 5.32 Å². The Kier molecular flexibility index (Phi) is 3.43. The van der Waals surface area contributed by atoms with Crippen molar-refractivity contribution in [3.05, 3.63) is 45.2 Å². The molecule has 0 saturated carbocycles. The minimum absolute atomic E-state index is 0.138. The monoisotopic (exact) mass is 281 g/mol. The highest BCUT2D eigenvalue weighted by molar-refractivity contribution is 6.31. The summed E-state index contributed by atoms with van der Waals surface area (Å²) in [5, 5.41) is 17.3. The lowest BCUT2D eigenvalue weighted by atomic mass is 10.1. The van der Waals surface area contributed by atoms with E-state index in [0.29, 0.717) is 0 Å². The number of nitrogens with one attached hydrogen (secondary N) is 1. The Morgan fingerprint density at radius 3 is 2.84 bits per heavy atom. The number of benzene rings is 1. The second-order valence-electron chi connectivity index (χ2n) is 3.58. The molecule has 0 atom stereocenters. The Morgan fingerprint density at radius 1 is 1.53 bits per heavy atom. The van der Waals surface area contributed by atoms with Crippen LogP contribution in [0.25, 0.3) is 0 Å². The first-order valence-electron chi connectivity index (χ1n) is 5.08. The van der Waals surface area contributed by atoms with E-state index in [1.165, 1.54) is 29.2 Å². The molecule has 0 radical (unpaired) electrons. The van der Waals surface area contributed by atoms with E-state index in [4.69, 9.17) is 11.6 Å². The number of anilines is 1. The molecule has 2 aromatic rings. The largest absolute Gasteiger partial charge is 0.290 e. The zero-order valence-corrected chi connectivity index (χ0v) is 10.5. The summed E-state index contributed by atoms with van der Waals surface area (Å²) in [7, 11) is 1.58. The molecule has 1 aromatic heterocycles. The quantitative estimate of drug-likeness (QED) is 0.680. The zero-order valence-electron chi connectivity index (χ0n) is 9.70. The average molecular weight is 282 g/mol. The van der Waals surface area contributed by atoms with Gasteiger partial charge in [-0.25, -0.2) is 4.68 Å². The lowest BCUT2D eigenvalue weighted by molar-refractivity contribution is -0.385. The Morgan fingerprint density at radius 2 is 2.26 bits per heavy atom. The molecule has 0 unspecified atom stereocenters. The van der Waals surface area contributed by atoms with E-state index < -0.39 is 10.8 Å². The number of rotatable bonds is 3. The molecule has 1 N–H and O–H groups in total. The van der Waals surface area contributed by atoms with E-state index in [1.54, 1.807) is 7.05 Å². The van der Waals surface area contributed by atoms with Crippen molar-refractivity contribution in [1.82, 2.24) is 14.8 Å². The van der Waals surface area contributed by atoms with E-state index in [-0.39, 0.29) is 22.2 Å². The minimum Gasteiger partial charge on any atom is -0.290 e. The van der Waals surface area contributed by atoms with Crippen LogP contribution in [0.5, 0.6) is 0 Å². The topological polar surface area (TPSA) is 103 Å². The van der Waals surface area contributed by atoms with Crippen molar-refractivity contribution in [2.24, 2.45) is 7.05 Å². The molecule has 0 saturated heterocycles. The summed E-state index contributed by atoms with van der Waals surface area (Å²) < 4.78 is 1.33. The maximum Gasteiger partial charge on any atom is 0.282 e. The summed E-state index contributed by atoms with van der Waals surface area (Å²) in [6.07, 6.45) is 1.25. The van der Waals surface area contributed by atoms with E-state index in [1.807, 2.05) is 0 Å². The van der Waals surface area contributed by atoms with Gasteiger partial charge in [0.05, 0.1) is 4.92 Å². The highest BCUT2D eigenvalue weighted by Gasteiger charge is 2.21. The van der Waals surface area contributed by atoms with Gasteiger partial charge in [-0.05, 0) is 12.1 Å². The van der Waals surface area contributed by atoms with E-state index in [2.05, 4.69) is 15.4 Å². The molecule has 98 valence electrons. The lowest BCUT2D eigenvalue weighted by Crippen LogP contribution is -2.16.